The first-order valence-electron chi connectivity index (χ1n) is 15.7. The molecule has 6 rings (SSSR count). The fourth-order valence-corrected chi connectivity index (χ4v) is 11.1. The van der Waals surface area contributed by atoms with E-state index in [1.165, 1.54) is 12.1 Å². The molecule has 0 fully saturated rings. The topological polar surface area (TPSA) is 24.1 Å². The summed E-state index contributed by atoms with van der Waals surface area (Å²) in [6.45, 7) is 2.10. The monoisotopic (exact) mass is 820 g/mol. The van der Waals surface area contributed by atoms with Gasteiger partial charge in [0.2, 0.25) is 0 Å². The summed E-state index contributed by atoms with van der Waals surface area (Å²) in [6.07, 6.45) is 0. The van der Waals surface area contributed by atoms with Crippen LogP contribution >= 0.6 is 35.2 Å². The molecule has 6 aromatic carbocycles. The molecule has 0 amide bonds. The van der Waals surface area contributed by atoms with E-state index in [2.05, 4.69) is 59.2 Å². The molecule has 0 aliphatic heterocycles. The minimum atomic E-state index is -1.66. The molecule has 0 spiro atoms. The first-order valence-corrected chi connectivity index (χ1v) is 23.2. The average Bonchev–Trinajstić information content (AvgIpc) is 3.14. The first kappa shape index (κ1) is 39.0. The van der Waals surface area contributed by atoms with Crippen molar-refractivity contribution in [2.45, 2.75) is 0 Å². The molecule has 0 heterocycles. The summed E-state index contributed by atoms with van der Waals surface area (Å²) in [7, 11) is 10.3. The third-order valence-electron chi connectivity index (χ3n) is 7.69. The van der Waals surface area contributed by atoms with Crippen molar-refractivity contribution in [3.8, 4) is 11.1 Å². The number of halogens is 4. The summed E-state index contributed by atoms with van der Waals surface area (Å²) in [5.41, 5.74) is 0.734. The molecule has 9 heteroatoms. The van der Waals surface area contributed by atoms with Gasteiger partial charge in [-0.25, -0.2) is 8.78 Å². The van der Waals surface area contributed by atoms with Crippen LogP contribution in [-0.4, -0.2) is 27.2 Å². The van der Waals surface area contributed by atoms with Crippen molar-refractivity contribution in [2.24, 2.45) is 0 Å². The van der Waals surface area contributed by atoms with Crippen LogP contribution in [0.3, 0.4) is 0 Å². The van der Waals surface area contributed by atoms with Gasteiger partial charge in [-0.2, -0.15) is 0 Å². The predicted octanol–water partition coefficient (Wildman–Crippen LogP) is 7.41. The number of hydrogen-bond donors (Lipinski definition) is 2. The van der Waals surface area contributed by atoms with Crippen LogP contribution in [0.25, 0.3) is 11.1 Å². The number of benzene rings is 6. The zero-order valence-electron chi connectivity index (χ0n) is 27.3. The molecule has 252 valence electrons. The van der Waals surface area contributed by atoms with Crippen LogP contribution in [0.4, 0.5) is 8.78 Å². The molecule has 0 bridgehead atoms. The fourth-order valence-electron chi connectivity index (χ4n) is 5.60. The average molecular weight is 821 g/mol. The van der Waals surface area contributed by atoms with Gasteiger partial charge in [-0.1, -0.05) is 84.9 Å². The van der Waals surface area contributed by atoms with Gasteiger partial charge in [0.25, 0.3) is 0 Å². The zero-order chi connectivity index (χ0) is 34.8. The van der Waals surface area contributed by atoms with Crippen molar-refractivity contribution in [1.82, 2.24) is 10.6 Å². The van der Waals surface area contributed by atoms with Gasteiger partial charge in [0.05, 0.1) is 27.0 Å². The van der Waals surface area contributed by atoms with E-state index in [-0.39, 0.29) is 15.1 Å². The van der Waals surface area contributed by atoms with Gasteiger partial charge in [-0.15, -0.1) is 0 Å². The molecule has 0 saturated heterocycles. The van der Waals surface area contributed by atoms with E-state index >= 15 is 8.78 Å². The molecule has 0 saturated carbocycles. The van der Waals surface area contributed by atoms with E-state index in [1.807, 2.05) is 99.0 Å². The van der Waals surface area contributed by atoms with Crippen LogP contribution < -0.4 is 42.5 Å². The van der Waals surface area contributed by atoms with Crippen LogP contribution in [0, 0.1) is 11.6 Å². The molecule has 49 heavy (non-hydrogen) atoms. The molecule has 0 aromatic heterocycles. The zero-order valence-corrected chi connectivity index (χ0v) is 32.5. The molecular formula is C40H40Cl2F2N2P2Ru+4. The molecular weight excluding hydrogens is 780 g/mol. The molecule has 0 aliphatic carbocycles. The van der Waals surface area contributed by atoms with Gasteiger partial charge in [0.15, 0.2) is 0 Å². The van der Waals surface area contributed by atoms with Crippen LogP contribution in [0.2, 0.25) is 0 Å². The van der Waals surface area contributed by atoms with Crippen molar-refractivity contribution < 1.29 is 23.9 Å². The predicted molar refractivity (Wildman–Crippen MR) is 212 cm³/mol. The van der Waals surface area contributed by atoms with Crippen LogP contribution in [0.1, 0.15) is 0 Å². The fraction of sp³-hybridized carbons (Fsp3) is 0.100. The van der Waals surface area contributed by atoms with Crippen molar-refractivity contribution in [2.75, 3.05) is 27.2 Å². The Bertz CT molecular complexity index is 1610. The van der Waals surface area contributed by atoms with E-state index in [1.54, 1.807) is 12.1 Å². The standard InChI is InChI=1S/C36H26F2P2.C4H12N2.2ClH.Ru/c37-31-23-13-25-33(39(27-15-5-1-6-16-27)28-17-7-2-8-18-28)35(31)36-32(38)24-14-26-34(36)40(29-19-9-3-10-20-29)30-21-11-4-12-22-30;1-5-3-4-6-2;;;/h1-26H;5-6H,3-4H2,1-2H3;2*1H;/q;;;;+4. The molecule has 2 nitrogen and oxygen atoms in total. The van der Waals surface area contributed by atoms with Crippen LogP contribution in [0.15, 0.2) is 158 Å². The number of hydrogen-bond acceptors (Lipinski definition) is 2. The number of nitrogens with one attached hydrogen (secondary N) is 2. The molecule has 0 unspecified atom stereocenters. The molecule has 6 aromatic rings. The van der Waals surface area contributed by atoms with Gasteiger partial charge in [-0.05, 0) is 86.9 Å². The molecule has 0 atom stereocenters. The van der Waals surface area contributed by atoms with E-state index in [9.17, 15) is 0 Å². The van der Waals surface area contributed by atoms with E-state index < -0.39 is 27.5 Å². The van der Waals surface area contributed by atoms with Crippen LogP contribution in [0.5, 0.6) is 0 Å². The molecule has 2 N–H and O–H groups in total. The van der Waals surface area contributed by atoms with Crippen molar-refractivity contribution in [3.63, 3.8) is 0 Å². The summed E-state index contributed by atoms with van der Waals surface area (Å²) in [6, 6.07) is 51.3. The molecule has 0 aliphatic rings. The van der Waals surface area contributed by atoms with Gasteiger partial charge in [0.1, 0.15) is 43.5 Å². The summed E-state index contributed by atoms with van der Waals surface area (Å²) in [5, 5.41) is 12.2. The Morgan fingerprint density at radius 1 is 0.449 bits per heavy atom. The Hall–Kier alpha value is -2.84. The van der Waals surface area contributed by atoms with Gasteiger partial charge >= 0.3 is 34.5 Å². The third-order valence-corrected chi connectivity index (χ3v) is 13.2. The molecule has 0 radical (unpaired) electrons. The maximum atomic E-state index is 16.2. The first-order chi connectivity index (χ1) is 24.0. The second-order valence-electron chi connectivity index (χ2n) is 10.8. The quantitative estimate of drug-likeness (QED) is 0.0856. The van der Waals surface area contributed by atoms with E-state index in [0.29, 0.717) is 11.1 Å². The second kappa shape index (κ2) is 21.4. The van der Waals surface area contributed by atoms with E-state index in [4.69, 9.17) is 19.4 Å². The Morgan fingerprint density at radius 2 is 0.714 bits per heavy atom. The van der Waals surface area contributed by atoms with Crippen LogP contribution in [-0.2, 0) is 15.1 Å². The normalized spacial score (nSPS) is 10.6. The summed E-state index contributed by atoms with van der Waals surface area (Å²) < 4.78 is 32.4. The Balaban J connectivity index is 0.000000537. The Labute approximate surface area is 307 Å². The van der Waals surface area contributed by atoms with Crippen molar-refractivity contribution >= 4 is 67.1 Å². The summed E-state index contributed by atoms with van der Waals surface area (Å²) >= 11 is -0.346. The number of rotatable bonds is 10. The van der Waals surface area contributed by atoms with Crippen molar-refractivity contribution in [1.29, 1.82) is 0 Å². The van der Waals surface area contributed by atoms with Gasteiger partial charge in [-0.3, -0.25) is 0 Å². The van der Waals surface area contributed by atoms with Gasteiger partial charge < -0.3 is 10.6 Å². The Morgan fingerprint density at radius 3 is 0.959 bits per heavy atom. The number of likely N-dealkylation sites (N-methyl/N-ethyl adjacent to an activating group) is 2. The third kappa shape index (κ3) is 10.8. The summed E-state index contributed by atoms with van der Waals surface area (Å²) in [5.74, 6) is -0.804. The van der Waals surface area contributed by atoms with Gasteiger partial charge in [0, 0.05) is 13.1 Å². The maximum absolute atomic E-state index is 16.2. The van der Waals surface area contributed by atoms with E-state index in [0.717, 1.165) is 44.9 Å². The summed E-state index contributed by atoms with van der Waals surface area (Å²) in [4.78, 5) is 0. The minimum absolute atomic E-state index is 0.346. The van der Waals surface area contributed by atoms with Crippen molar-refractivity contribution in [3.05, 3.63) is 169 Å². The SMILES string of the molecule is CNCCNC.Fc1cccc([PH+](c2ccccc2)c2ccccc2)c1-c1c(F)cccc1[PH+](c1ccccc1)c1ccccc1.[Cl][Ru+2][Cl]. The Kier molecular flexibility index (Phi) is 17.0. The second-order valence-corrected chi connectivity index (χ2v) is 18.3.